The Morgan fingerprint density at radius 2 is 0.844 bits per heavy atom. The van der Waals surface area contributed by atoms with Crippen molar-refractivity contribution in [1.82, 2.24) is 19.1 Å². The van der Waals surface area contributed by atoms with E-state index in [1.807, 2.05) is 24.3 Å². The molecule has 0 bridgehead atoms. The minimum absolute atomic E-state index is 0.270. The Morgan fingerprint density at radius 3 is 1.44 bits per heavy atom. The first-order valence-corrected chi connectivity index (χ1v) is 20.5. The van der Waals surface area contributed by atoms with Gasteiger partial charge < -0.3 is 9.13 Å². The van der Waals surface area contributed by atoms with Crippen LogP contribution in [0, 0.1) is 45.3 Å². The zero-order valence-electron chi connectivity index (χ0n) is 33.9. The van der Waals surface area contributed by atoms with Gasteiger partial charge in [0.2, 0.25) is 0 Å². The van der Waals surface area contributed by atoms with Crippen molar-refractivity contribution >= 4 is 43.6 Å². The molecule has 0 aliphatic heterocycles. The number of hydrogen-bond acceptors (Lipinski definition) is 6. The van der Waals surface area contributed by atoms with E-state index in [9.17, 15) is 21.0 Å². The molecule has 8 aromatic carbocycles. The van der Waals surface area contributed by atoms with Gasteiger partial charge in [-0.2, -0.15) is 21.0 Å². The summed E-state index contributed by atoms with van der Waals surface area (Å²) >= 11 is 0. The Hall–Kier alpha value is -9.60. The average molecular weight is 815 g/mol. The van der Waals surface area contributed by atoms with Crippen molar-refractivity contribution in [3.05, 3.63) is 204 Å². The normalized spacial score (nSPS) is 11.1. The molecule has 0 saturated heterocycles. The summed E-state index contributed by atoms with van der Waals surface area (Å²) in [5.74, 6) is 0.312. The number of benzene rings is 8. The molecule has 3 aromatic heterocycles. The zero-order valence-corrected chi connectivity index (χ0v) is 33.9. The van der Waals surface area contributed by atoms with Crippen LogP contribution in [0.2, 0.25) is 0 Å². The summed E-state index contributed by atoms with van der Waals surface area (Å²) in [5.41, 5.74) is 12.0. The van der Waals surface area contributed by atoms with E-state index in [2.05, 4.69) is 137 Å². The number of hydrogen-bond donors (Lipinski definition) is 0. The third-order valence-electron chi connectivity index (χ3n) is 11.9. The number of nitrogens with zero attached hydrogens (tertiary/aromatic N) is 8. The van der Waals surface area contributed by atoms with Crippen LogP contribution in [0.15, 0.2) is 182 Å². The predicted octanol–water partition coefficient (Wildman–Crippen LogP) is 12.8. The van der Waals surface area contributed by atoms with Gasteiger partial charge >= 0.3 is 0 Å². The summed E-state index contributed by atoms with van der Waals surface area (Å²) in [6, 6.07) is 68.7. The molecule has 0 atom stereocenters. The minimum Gasteiger partial charge on any atom is -0.309 e. The molecule has 0 spiro atoms. The van der Waals surface area contributed by atoms with E-state index in [0.29, 0.717) is 50.6 Å². The Kier molecular flexibility index (Phi) is 8.85. The van der Waals surface area contributed by atoms with E-state index in [-0.39, 0.29) is 11.1 Å². The fraction of sp³-hybridized carbons (Fsp3) is 0. The molecule has 0 aliphatic carbocycles. The molecule has 8 nitrogen and oxygen atoms in total. The lowest BCUT2D eigenvalue weighted by molar-refractivity contribution is 1.17. The summed E-state index contributed by atoms with van der Waals surface area (Å²) in [4.78, 5) is 9.71. The first-order valence-electron chi connectivity index (χ1n) is 20.5. The average Bonchev–Trinajstić information content (AvgIpc) is 3.88. The molecular formula is C56H30N8. The smallest absolute Gasteiger partial charge is 0.160 e. The minimum atomic E-state index is 0.270. The molecule has 0 N–H and O–H groups in total. The molecule has 3 heterocycles. The molecule has 11 rings (SSSR count). The Morgan fingerprint density at radius 1 is 0.344 bits per heavy atom. The third kappa shape index (κ3) is 6.12. The van der Waals surface area contributed by atoms with Gasteiger partial charge in [-0.25, -0.2) is 9.97 Å². The molecule has 64 heavy (non-hydrogen) atoms. The number of rotatable bonds is 6. The summed E-state index contributed by atoms with van der Waals surface area (Å²) in [6.45, 7) is 0. The highest BCUT2D eigenvalue weighted by Gasteiger charge is 2.20. The summed E-state index contributed by atoms with van der Waals surface area (Å²) in [7, 11) is 0. The highest BCUT2D eigenvalue weighted by atomic mass is 15.0. The molecule has 294 valence electrons. The van der Waals surface area contributed by atoms with Crippen LogP contribution in [0.5, 0.6) is 0 Å². The molecular weight excluding hydrogens is 785 g/mol. The summed E-state index contributed by atoms with van der Waals surface area (Å²) < 4.78 is 4.62. The molecule has 11 aromatic rings. The van der Waals surface area contributed by atoms with Gasteiger partial charge in [-0.1, -0.05) is 91.0 Å². The maximum Gasteiger partial charge on any atom is 0.160 e. The van der Waals surface area contributed by atoms with Gasteiger partial charge in [0.1, 0.15) is 0 Å². The summed E-state index contributed by atoms with van der Waals surface area (Å²) in [5, 5.41) is 45.3. The number of aromatic nitrogens is 4. The molecule has 0 unspecified atom stereocenters. The van der Waals surface area contributed by atoms with Crippen LogP contribution in [0.4, 0.5) is 0 Å². The van der Waals surface area contributed by atoms with Gasteiger partial charge in [0, 0.05) is 49.6 Å². The van der Waals surface area contributed by atoms with Crippen molar-refractivity contribution < 1.29 is 0 Å². The molecule has 0 saturated carbocycles. The van der Waals surface area contributed by atoms with E-state index >= 15 is 0 Å². The van der Waals surface area contributed by atoms with Gasteiger partial charge in [-0.3, -0.25) is 0 Å². The van der Waals surface area contributed by atoms with E-state index in [1.54, 1.807) is 54.6 Å². The predicted molar refractivity (Wildman–Crippen MR) is 251 cm³/mol. The number of fused-ring (bicyclic) bond motifs is 6. The highest BCUT2D eigenvalue weighted by molar-refractivity contribution is 6.12. The Balaban J connectivity index is 1.01. The first-order chi connectivity index (χ1) is 31.5. The second kappa shape index (κ2) is 15.1. The number of nitriles is 4. The second-order valence-corrected chi connectivity index (χ2v) is 15.5. The standard InChI is InChI=1S/C56H30N8/c57-31-35-9-7-11-38(25-35)49-30-50(62-56(61-49)39-12-8-10-36(26-39)32-58)55-41(33-59)27-40(28-42(55)34-60)37-19-21-43(22-20-37)63-53-18-6-3-15-47(53)48-29-44(23-24-54(48)63)64-51-16-4-1-13-45(51)46-14-2-5-17-52(46)64/h1-30H. The van der Waals surface area contributed by atoms with Gasteiger partial charge in [0.15, 0.2) is 5.82 Å². The van der Waals surface area contributed by atoms with Crippen LogP contribution in [0.3, 0.4) is 0 Å². The van der Waals surface area contributed by atoms with E-state index in [1.165, 1.54) is 10.8 Å². The molecule has 0 aliphatic rings. The lowest BCUT2D eigenvalue weighted by atomic mass is 9.92. The van der Waals surface area contributed by atoms with E-state index in [0.717, 1.165) is 49.8 Å². The topological polar surface area (TPSA) is 131 Å². The van der Waals surface area contributed by atoms with Crippen LogP contribution >= 0.6 is 0 Å². The molecule has 8 heteroatoms. The summed E-state index contributed by atoms with van der Waals surface area (Å²) in [6.07, 6.45) is 0. The van der Waals surface area contributed by atoms with Gasteiger partial charge in [-0.15, -0.1) is 0 Å². The van der Waals surface area contributed by atoms with Gasteiger partial charge in [0.25, 0.3) is 0 Å². The number of para-hydroxylation sites is 3. The maximum absolute atomic E-state index is 10.7. The quantitative estimate of drug-likeness (QED) is 0.164. The van der Waals surface area contributed by atoms with Crippen LogP contribution < -0.4 is 0 Å². The van der Waals surface area contributed by atoms with Crippen molar-refractivity contribution in [1.29, 1.82) is 21.0 Å². The Labute approximate surface area is 367 Å². The third-order valence-corrected chi connectivity index (χ3v) is 11.9. The van der Waals surface area contributed by atoms with Crippen molar-refractivity contribution in [3.8, 4) is 80.7 Å². The SMILES string of the molecule is N#Cc1cccc(-c2cc(-c3c(C#N)cc(-c4ccc(-n5c6ccccc6c6cc(-n7c8ccccc8c8ccccc87)ccc65)cc4)cc3C#N)nc(-c3cccc(C#N)c3)n2)c1. The van der Waals surface area contributed by atoms with Crippen molar-refractivity contribution in [2.75, 3.05) is 0 Å². The van der Waals surface area contributed by atoms with E-state index in [4.69, 9.17) is 9.97 Å². The van der Waals surface area contributed by atoms with Crippen LogP contribution in [-0.2, 0) is 0 Å². The highest BCUT2D eigenvalue weighted by Crippen LogP contribution is 2.39. The van der Waals surface area contributed by atoms with Crippen molar-refractivity contribution in [3.63, 3.8) is 0 Å². The maximum atomic E-state index is 10.7. The largest absolute Gasteiger partial charge is 0.309 e. The lowest BCUT2D eigenvalue weighted by Gasteiger charge is -2.14. The van der Waals surface area contributed by atoms with Gasteiger partial charge in [-0.05, 0) is 102 Å². The fourth-order valence-corrected chi connectivity index (χ4v) is 8.97. The van der Waals surface area contributed by atoms with Crippen LogP contribution in [0.25, 0.3) is 100 Å². The van der Waals surface area contributed by atoms with E-state index < -0.39 is 0 Å². The Bertz CT molecular complexity index is 3730. The van der Waals surface area contributed by atoms with Crippen LogP contribution in [0.1, 0.15) is 22.3 Å². The van der Waals surface area contributed by atoms with Crippen LogP contribution in [-0.4, -0.2) is 19.1 Å². The second-order valence-electron chi connectivity index (χ2n) is 15.5. The van der Waals surface area contributed by atoms with Crippen molar-refractivity contribution in [2.45, 2.75) is 0 Å². The lowest BCUT2D eigenvalue weighted by Crippen LogP contribution is -2.00. The monoisotopic (exact) mass is 814 g/mol. The van der Waals surface area contributed by atoms with Gasteiger partial charge in [0.05, 0.1) is 80.0 Å². The molecule has 0 fully saturated rings. The molecule has 0 radical (unpaired) electrons. The zero-order chi connectivity index (χ0) is 43.3. The van der Waals surface area contributed by atoms with Crippen molar-refractivity contribution in [2.24, 2.45) is 0 Å². The fourth-order valence-electron chi connectivity index (χ4n) is 8.97. The first kappa shape index (κ1) is 37.4. The molecule has 0 amide bonds.